The third kappa shape index (κ3) is 6.59. The number of alkyl halides is 3. The number of hydrogen-bond acceptors (Lipinski definition) is 7. The summed E-state index contributed by atoms with van der Waals surface area (Å²) in [6.45, 7) is 1.04. The van der Waals surface area contributed by atoms with Crippen molar-refractivity contribution in [3.05, 3.63) is 42.2 Å². The summed E-state index contributed by atoms with van der Waals surface area (Å²) >= 11 is 0. The minimum absolute atomic E-state index is 0.0674. The van der Waals surface area contributed by atoms with Gasteiger partial charge in [-0.05, 0) is 63.0 Å². The number of nitrogens with zero attached hydrogens (tertiary/aromatic N) is 3. The van der Waals surface area contributed by atoms with Crippen LogP contribution in [0.25, 0.3) is 0 Å². The summed E-state index contributed by atoms with van der Waals surface area (Å²) in [5.41, 5.74) is 1.99. The maximum absolute atomic E-state index is 12.4. The highest BCUT2D eigenvalue weighted by Crippen LogP contribution is 2.49. The van der Waals surface area contributed by atoms with Crippen LogP contribution in [0.1, 0.15) is 31.2 Å². The van der Waals surface area contributed by atoms with Gasteiger partial charge in [-0.1, -0.05) is 6.07 Å². The van der Waals surface area contributed by atoms with Crippen LogP contribution in [0.3, 0.4) is 0 Å². The van der Waals surface area contributed by atoms with Crippen LogP contribution in [0.15, 0.2) is 36.7 Å². The summed E-state index contributed by atoms with van der Waals surface area (Å²) in [4.78, 5) is 23.8. The van der Waals surface area contributed by atoms with Crippen LogP contribution < -0.4 is 20.1 Å². The molecule has 1 aliphatic carbocycles. The van der Waals surface area contributed by atoms with E-state index in [1.165, 1.54) is 11.8 Å². The molecule has 2 aliphatic rings. The molecule has 2 aromatic rings. The fourth-order valence-electron chi connectivity index (χ4n) is 5.11. The van der Waals surface area contributed by atoms with Crippen molar-refractivity contribution in [3.63, 3.8) is 0 Å². The Hall–Kier alpha value is -3.61. The van der Waals surface area contributed by atoms with Gasteiger partial charge in [0.15, 0.2) is 11.5 Å². The van der Waals surface area contributed by atoms with E-state index in [0.717, 1.165) is 43.7 Å². The number of likely N-dealkylation sites (tertiary alicyclic amines) is 1. The van der Waals surface area contributed by atoms with Crippen LogP contribution >= 0.6 is 0 Å². The van der Waals surface area contributed by atoms with Gasteiger partial charge in [-0.25, -0.2) is 9.59 Å². The number of hydrogen-bond donors (Lipinski definition) is 3. The predicted molar refractivity (Wildman–Crippen MR) is 128 cm³/mol. The van der Waals surface area contributed by atoms with Crippen molar-refractivity contribution in [3.8, 4) is 11.5 Å². The number of urea groups is 1. The lowest BCUT2D eigenvalue weighted by Gasteiger charge is -2.45. The maximum atomic E-state index is 12.4. The lowest BCUT2D eigenvalue weighted by Crippen LogP contribution is -2.52. The molecule has 1 aromatic heterocycles. The van der Waals surface area contributed by atoms with Crippen LogP contribution in [0.4, 0.5) is 23.7 Å². The Morgan fingerprint density at radius 3 is 2.43 bits per heavy atom. The Kier molecular flexibility index (Phi) is 8.79. The smallest absolute Gasteiger partial charge is 0.490 e. The molecule has 0 radical (unpaired) electrons. The van der Waals surface area contributed by atoms with E-state index in [-0.39, 0.29) is 17.5 Å². The number of carboxylic acid groups (broad SMARTS) is 1. The maximum Gasteiger partial charge on any atom is 0.490 e. The van der Waals surface area contributed by atoms with Gasteiger partial charge in [-0.15, -0.1) is 0 Å². The minimum Gasteiger partial charge on any atom is -0.493 e. The summed E-state index contributed by atoms with van der Waals surface area (Å²) < 4.78 is 42.7. The number of fused-ring (bicyclic) bond motifs is 1. The van der Waals surface area contributed by atoms with Gasteiger partial charge in [0, 0.05) is 17.5 Å². The topological polar surface area (TPSA) is 126 Å². The van der Waals surface area contributed by atoms with Crippen molar-refractivity contribution in [1.82, 2.24) is 20.4 Å². The number of carbonyl (C=O) groups is 2. The molecule has 2 heterocycles. The Morgan fingerprint density at radius 1 is 1.14 bits per heavy atom. The highest BCUT2D eigenvalue weighted by atomic mass is 19.4. The van der Waals surface area contributed by atoms with Crippen molar-refractivity contribution in [1.29, 1.82) is 0 Å². The second-order valence-electron chi connectivity index (χ2n) is 8.98. The first-order chi connectivity index (χ1) is 17.5. The van der Waals surface area contributed by atoms with E-state index in [0.29, 0.717) is 11.7 Å². The monoisotopic (exact) mass is 525 g/mol. The van der Waals surface area contributed by atoms with Crippen molar-refractivity contribution in [2.24, 2.45) is 0 Å². The normalized spacial score (nSPS) is 23.2. The van der Waals surface area contributed by atoms with E-state index in [2.05, 4.69) is 44.9 Å². The number of anilines is 1. The van der Waals surface area contributed by atoms with Crippen molar-refractivity contribution in [2.45, 2.75) is 49.4 Å². The molecular weight excluding hydrogens is 495 g/mol. The lowest BCUT2D eigenvalue weighted by atomic mass is 9.65. The Balaban J connectivity index is 0.000000479. The molecule has 1 saturated carbocycles. The number of ether oxygens (including phenoxy) is 2. The lowest BCUT2D eigenvalue weighted by molar-refractivity contribution is -0.192. The molecule has 2 amide bonds. The van der Waals surface area contributed by atoms with Gasteiger partial charge in [0.2, 0.25) is 0 Å². The number of benzene rings is 1. The fourth-order valence-corrected chi connectivity index (χ4v) is 5.11. The molecule has 13 heteroatoms. The molecule has 1 saturated heterocycles. The Bertz CT molecular complexity index is 1090. The number of aliphatic carboxylic acids is 1. The molecule has 4 rings (SSSR count). The molecular formula is C24H30F3N5O5. The minimum atomic E-state index is -5.08. The third-order valence-electron chi connectivity index (χ3n) is 6.91. The number of amides is 2. The quantitative estimate of drug-likeness (QED) is 0.542. The van der Waals surface area contributed by atoms with Crippen LogP contribution in [-0.4, -0.2) is 78.3 Å². The first-order valence-electron chi connectivity index (χ1n) is 11.6. The second kappa shape index (κ2) is 11.6. The summed E-state index contributed by atoms with van der Waals surface area (Å²) in [6, 6.07) is 8.30. The number of nitrogens with one attached hydrogen (secondary N) is 2. The van der Waals surface area contributed by atoms with Gasteiger partial charge in [-0.3, -0.25) is 0 Å². The largest absolute Gasteiger partial charge is 0.493 e. The summed E-state index contributed by atoms with van der Waals surface area (Å²) in [6.07, 6.45) is 1.96. The molecule has 0 unspecified atom stereocenters. The third-order valence-corrected chi connectivity index (χ3v) is 6.91. The highest BCUT2D eigenvalue weighted by Gasteiger charge is 2.50. The molecule has 3 N–H and O–H groups in total. The van der Waals surface area contributed by atoms with Gasteiger partial charge < -0.3 is 30.1 Å². The molecule has 202 valence electrons. The number of rotatable bonds is 5. The number of carboxylic acids is 1. The van der Waals surface area contributed by atoms with E-state index in [1.807, 2.05) is 6.07 Å². The molecule has 2 fully saturated rings. The molecule has 10 nitrogen and oxygen atoms in total. The van der Waals surface area contributed by atoms with E-state index in [9.17, 15) is 18.0 Å². The Morgan fingerprint density at radius 2 is 1.84 bits per heavy atom. The van der Waals surface area contributed by atoms with Gasteiger partial charge in [0.05, 0.1) is 32.3 Å². The van der Waals surface area contributed by atoms with Crippen molar-refractivity contribution >= 4 is 17.7 Å². The zero-order valence-corrected chi connectivity index (χ0v) is 20.7. The standard InChI is InChI=1S/C22H29N5O3.C2HF3O2/c1-27-11-9-22(15-4-5-18(29-2)19(12-15)30-3)8-6-16(13-20(22)27)25-21(28)26-17-7-10-23-24-14-17;3-2(4,5)1(6)7/h4-5,7,10,12,14,16,20H,6,8-9,11,13H2,1-3H3,(H2,23,25,26,28);(H,6,7)/t16-,20+,22+;/m1./s1. The summed E-state index contributed by atoms with van der Waals surface area (Å²) in [5.74, 6) is -1.24. The number of carbonyl (C=O) groups excluding carboxylic acids is 1. The SMILES string of the molecule is COc1ccc([C@@]23CC[C@@H](NC(=O)Nc4ccnnc4)C[C@@H]2N(C)CC3)cc1OC.O=C(O)C(F)(F)F. The van der Waals surface area contributed by atoms with Crippen molar-refractivity contribution < 1.29 is 37.3 Å². The van der Waals surface area contributed by atoms with Crippen molar-refractivity contribution in [2.75, 3.05) is 33.1 Å². The Labute approximate surface area is 212 Å². The number of aromatic nitrogens is 2. The molecule has 3 atom stereocenters. The van der Waals surface area contributed by atoms with E-state index in [4.69, 9.17) is 19.4 Å². The number of methoxy groups -OCH3 is 2. The van der Waals surface area contributed by atoms with E-state index in [1.54, 1.807) is 26.5 Å². The van der Waals surface area contributed by atoms with Crippen LogP contribution in [0, 0.1) is 0 Å². The van der Waals surface area contributed by atoms with Gasteiger partial charge >= 0.3 is 18.2 Å². The van der Waals surface area contributed by atoms with Crippen LogP contribution in [0.5, 0.6) is 11.5 Å². The van der Waals surface area contributed by atoms with E-state index >= 15 is 0 Å². The van der Waals surface area contributed by atoms with Gasteiger partial charge in [0.1, 0.15) is 0 Å². The summed E-state index contributed by atoms with van der Waals surface area (Å²) in [5, 5.41) is 20.6. The number of halogens is 3. The molecule has 0 spiro atoms. The zero-order valence-electron chi connectivity index (χ0n) is 20.7. The highest BCUT2D eigenvalue weighted by molar-refractivity contribution is 5.89. The first kappa shape index (κ1) is 28.0. The van der Waals surface area contributed by atoms with E-state index < -0.39 is 12.1 Å². The van der Waals surface area contributed by atoms with Gasteiger partial charge in [0.25, 0.3) is 0 Å². The van der Waals surface area contributed by atoms with Crippen LogP contribution in [0.2, 0.25) is 0 Å². The first-order valence-corrected chi connectivity index (χ1v) is 11.6. The van der Waals surface area contributed by atoms with Crippen LogP contribution in [-0.2, 0) is 10.2 Å². The second-order valence-corrected chi connectivity index (χ2v) is 8.98. The number of likely N-dealkylation sites (N-methyl/N-ethyl adjacent to an activating group) is 1. The average Bonchev–Trinajstić information content (AvgIpc) is 3.21. The van der Waals surface area contributed by atoms with Gasteiger partial charge in [-0.2, -0.15) is 23.4 Å². The summed E-state index contributed by atoms with van der Waals surface area (Å²) in [7, 11) is 5.51. The molecule has 1 aliphatic heterocycles. The zero-order chi connectivity index (χ0) is 27.2. The molecule has 37 heavy (non-hydrogen) atoms. The molecule has 1 aromatic carbocycles. The molecule has 0 bridgehead atoms. The predicted octanol–water partition coefficient (Wildman–Crippen LogP) is 3.44. The fraction of sp³-hybridized carbons (Fsp3) is 0.500. The average molecular weight is 526 g/mol.